The smallest absolute Gasteiger partial charge is 0.244 e. The van der Waals surface area contributed by atoms with Gasteiger partial charge in [0, 0.05) is 19.0 Å². The highest BCUT2D eigenvalue weighted by Crippen LogP contribution is 2.30. The number of sulfonamides is 1. The Labute approximate surface area is 134 Å². The molecule has 0 bridgehead atoms. The van der Waals surface area contributed by atoms with Crippen molar-refractivity contribution in [1.82, 2.24) is 19.5 Å². The maximum absolute atomic E-state index is 12.8. The van der Waals surface area contributed by atoms with Crippen molar-refractivity contribution in [2.24, 2.45) is 0 Å². The van der Waals surface area contributed by atoms with E-state index in [0.717, 1.165) is 18.7 Å². The summed E-state index contributed by atoms with van der Waals surface area (Å²) in [4.78, 5) is 4.48. The molecule has 1 saturated heterocycles. The first-order valence-electron chi connectivity index (χ1n) is 7.12. The molecule has 0 saturated carbocycles. The number of halogens is 1. The molecular weight excluding hydrogens is 324 g/mol. The Balaban J connectivity index is 1.87. The lowest BCUT2D eigenvalue weighted by Gasteiger charge is -2.30. The Bertz CT molecular complexity index is 775. The summed E-state index contributed by atoms with van der Waals surface area (Å²) in [5.41, 5.74) is 0. The van der Waals surface area contributed by atoms with Crippen molar-refractivity contribution in [3.05, 3.63) is 40.9 Å². The molecule has 0 spiro atoms. The van der Waals surface area contributed by atoms with Crippen LogP contribution >= 0.6 is 11.6 Å². The van der Waals surface area contributed by atoms with Gasteiger partial charge in [0.05, 0.1) is 5.02 Å². The van der Waals surface area contributed by atoms with E-state index < -0.39 is 10.0 Å². The minimum atomic E-state index is -3.59. The van der Waals surface area contributed by atoms with Gasteiger partial charge in [-0.25, -0.2) is 13.4 Å². The van der Waals surface area contributed by atoms with Crippen molar-refractivity contribution < 1.29 is 8.42 Å². The summed E-state index contributed by atoms with van der Waals surface area (Å²) >= 11 is 6.05. The molecule has 2 heterocycles. The van der Waals surface area contributed by atoms with E-state index in [2.05, 4.69) is 15.2 Å². The monoisotopic (exact) mass is 340 g/mol. The lowest BCUT2D eigenvalue weighted by Crippen LogP contribution is -2.39. The van der Waals surface area contributed by atoms with E-state index in [9.17, 15) is 8.42 Å². The van der Waals surface area contributed by atoms with Gasteiger partial charge in [-0.05, 0) is 31.9 Å². The molecule has 0 amide bonds. The maximum atomic E-state index is 12.8. The highest BCUT2D eigenvalue weighted by Gasteiger charge is 2.33. The van der Waals surface area contributed by atoms with E-state index in [0.29, 0.717) is 18.9 Å². The zero-order valence-electron chi connectivity index (χ0n) is 12.2. The number of aromatic amines is 1. The van der Waals surface area contributed by atoms with Gasteiger partial charge in [0.25, 0.3) is 0 Å². The van der Waals surface area contributed by atoms with Crippen molar-refractivity contribution in [1.29, 1.82) is 0 Å². The number of nitrogens with zero attached hydrogens (tertiary/aromatic N) is 3. The Morgan fingerprint density at radius 2 is 2.14 bits per heavy atom. The number of hydrogen-bond donors (Lipinski definition) is 1. The van der Waals surface area contributed by atoms with Gasteiger partial charge in [0.15, 0.2) is 5.82 Å². The number of piperidine rings is 1. The van der Waals surface area contributed by atoms with Crippen molar-refractivity contribution in [3.8, 4) is 0 Å². The molecule has 22 heavy (non-hydrogen) atoms. The molecule has 1 aromatic carbocycles. The Morgan fingerprint density at radius 1 is 1.36 bits per heavy atom. The van der Waals surface area contributed by atoms with E-state index in [-0.39, 0.29) is 15.8 Å². The quantitative estimate of drug-likeness (QED) is 0.930. The molecule has 1 atom stereocenters. The Hall–Kier alpha value is -1.44. The lowest BCUT2D eigenvalue weighted by atomic mass is 9.99. The maximum Gasteiger partial charge on any atom is 0.244 e. The van der Waals surface area contributed by atoms with Crippen LogP contribution in [0, 0.1) is 6.92 Å². The lowest BCUT2D eigenvalue weighted by molar-refractivity contribution is 0.309. The molecule has 0 unspecified atom stereocenters. The first-order valence-corrected chi connectivity index (χ1v) is 8.94. The van der Waals surface area contributed by atoms with Gasteiger partial charge in [-0.1, -0.05) is 23.7 Å². The second kappa shape index (κ2) is 5.98. The fourth-order valence-electron chi connectivity index (χ4n) is 2.71. The third-order valence-corrected chi connectivity index (χ3v) is 6.18. The molecule has 2 aromatic rings. The summed E-state index contributed by atoms with van der Waals surface area (Å²) < 4.78 is 27.0. The third-order valence-electron chi connectivity index (χ3n) is 3.82. The molecule has 0 radical (unpaired) electrons. The highest BCUT2D eigenvalue weighted by molar-refractivity contribution is 7.89. The van der Waals surface area contributed by atoms with Gasteiger partial charge < -0.3 is 0 Å². The third kappa shape index (κ3) is 2.88. The van der Waals surface area contributed by atoms with Crippen LogP contribution in [0.5, 0.6) is 0 Å². The summed E-state index contributed by atoms with van der Waals surface area (Å²) in [6.45, 7) is 2.70. The van der Waals surface area contributed by atoms with Crippen LogP contribution in [0.3, 0.4) is 0 Å². The largest absolute Gasteiger partial charge is 0.263 e. The number of rotatable bonds is 3. The fraction of sp³-hybridized carbons (Fsp3) is 0.429. The zero-order valence-corrected chi connectivity index (χ0v) is 13.7. The SMILES string of the molecule is Cc1nc([C@@H]2CCCN(S(=O)(=O)c3ccccc3Cl)C2)n[nH]1. The summed E-state index contributed by atoms with van der Waals surface area (Å²) in [5, 5.41) is 7.22. The average molecular weight is 341 g/mol. The van der Waals surface area contributed by atoms with Crippen LogP contribution in [0.15, 0.2) is 29.2 Å². The van der Waals surface area contributed by atoms with Crippen molar-refractivity contribution in [3.63, 3.8) is 0 Å². The van der Waals surface area contributed by atoms with Crippen LogP contribution < -0.4 is 0 Å². The van der Waals surface area contributed by atoms with Gasteiger partial charge in [-0.3, -0.25) is 5.10 Å². The van der Waals surface area contributed by atoms with Gasteiger partial charge in [0.1, 0.15) is 10.7 Å². The summed E-state index contributed by atoms with van der Waals surface area (Å²) in [5.74, 6) is 1.42. The summed E-state index contributed by atoms with van der Waals surface area (Å²) in [7, 11) is -3.59. The van der Waals surface area contributed by atoms with Gasteiger partial charge in [-0.2, -0.15) is 9.40 Å². The minimum absolute atomic E-state index is 0.0102. The van der Waals surface area contributed by atoms with Crippen LogP contribution in [0.25, 0.3) is 0 Å². The number of nitrogens with one attached hydrogen (secondary N) is 1. The number of H-pyrrole nitrogens is 1. The average Bonchev–Trinajstić information content (AvgIpc) is 2.94. The Kier molecular flexibility index (Phi) is 4.20. The van der Waals surface area contributed by atoms with Crippen LogP contribution in [-0.4, -0.2) is 41.0 Å². The van der Waals surface area contributed by atoms with Gasteiger partial charge in [-0.15, -0.1) is 0 Å². The molecule has 1 aliphatic rings. The predicted octanol–water partition coefficient (Wildman–Crippen LogP) is 2.33. The molecule has 1 aromatic heterocycles. The number of benzene rings is 1. The summed E-state index contributed by atoms with van der Waals surface area (Å²) in [6, 6.07) is 6.53. The minimum Gasteiger partial charge on any atom is -0.263 e. The second-order valence-electron chi connectivity index (χ2n) is 5.41. The predicted molar refractivity (Wildman–Crippen MR) is 83.3 cm³/mol. The van der Waals surface area contributed by atoms with Crippen LogP contribution in [0.2, 0.25) is 5.02 Å². The molecule has 1 fully saturated rings. The van der Waals surface area contributed by atoms with Gasteiger partial charge in [0.2, 0.25) is 10.0 Å². The van der Waals surface area contributed by atoms with Crippen LogP contribution in [-0.2, 0) is 10.0 Å². The molecule has 8 heteroatoms. The second-order valence-corrected chi connectivity index (χ2v) is 7.73. The molecule has 6 nitrogen and oxygen atoms in total. The van der Waals surface area contributed by atoms with E-state index in [4.69, 9.17) is 11.6 Å². The standard InChI is InChI=1S/C14H17ClN4O2S/c1-10-16-14(18-17-10)11-5-4-8-19(9-11)22(20,21)13-7-3-2-6-12(13)15/h2-3,6-7,11H,4-5,8-9H2,1H3,(H,16,17,18)/t11-/m1/s1. The van der Waals surface area contributed by atoms with Crippen LogP contribution in [0.4, 0.5) is 0 Å². The van der Waals surface area contributed by atoms with Crippen LogP contribution in [0.1, 0.15) is 30.4 Å². The first kappa shape index (κ1) is 15.5. The zero-order chi connectivity index (χ0) is 15.7. The topological polar surface area (TPSA) is 79.0 Å². The van der Waals surface area contributed by atoms with Crippen molar-refractivity contribution in [2.75, 3.05) is 13.1 Å². The molecular formula is C14H17ClN4O2S. The number of aryl methyl sites for hydroxylation is 1. The molecule has 0 aliphatic carbocycles. The van der Waals surface area contributed by atoms with E-state index in [1.165, 1.54) is 10.4 Å². The van der Waals surface area contributed by atoms with E-state index >= 15 is 0 Å². The van der Waals surface area contributed by atoms with E-state index in [1.54, 1.807) is 18.2 Å². The summed E-state index contributed by atoms with van der Waals surface area (Å²) in [6.07, 6.45) is 1.66. The number of aromatic nitrogens is 3. The molecule has 3 rings (SSSR count). The van der Waals surface area contributed by atoms with Crippen molar-refractivity contribution in [2.45, 2.75) is 30.6 Å². The molecule has 118 valence electrons. The fourth-order valence-corrected chi connectivity index (χ4v) is 4.72. The number of hydrogen-bond acceptors (Lipinski definition) is 4. The van der Waals surface area contributed by atoms with E-state index in [1.807, 2.05) is 6.92 Å². The molecule has 1 aliphatic heterocycles. The highest BCUT2D eigenvalue weighted by atomic mass is 35.5. The van der Waals surface area contributed by atoms with Crippen molar-refractivity contribution >= 4 is 21.6 Å². The first-order chi connectivity index (χ1) is 10.5. The van der Waals surface area contributed by atoms with Gasteiger partial charge >= 0.3 is 0 Å². The molecule has 1 N–H and O–H groups in total. The Morgan fingerprint density at radius 3 is 2.82 bits per heavy atom. The normalized spacial score (nSPS) is 20.2.